The lowest BCUT2D eigenvalue weighted by atomic mass is 9.63. The van der Waals surface area contributed by atoms with Gasteiger partial charge in [-0.15, -0.1) is 0 Å². The van der Waals surface area contributed by atoms with Crippen LogP contribution in [-0.2, 0) is 26.3 Å². The summed E-state index contributed by atoms with van der Waals surface area (Å²) in [5.74, 6) is 5.29. The van der Waals surface area contributed by atoms with Crippen LogP contribution in [0.1, 0.15) is 73.9 Å². The maximum absolute atomic E-state index is 13.9. The van der Waals surface area contributed by atoms with Crippen LogP contribution in [-0.4, -0.2) is 78.2 Å². The van der Waals surface area contributed by atoms with E-state index in [1.165, 1.54) is 17.5 Å². The van der Waals surface area contributed by atoms with Crippen molar-refractivity contribution in [1.82, 2.24) is 9.62 Å². The normalized spacial score (nSPS) is 36.5. The highest BCUT2D eigenvalue weighted by molar-refractivity contribution is 7.99. The number of rotatable bonds is 3. The number of carbonyl (C=O) groups excluding carboxylic acids is 1. The van der Waals surface area contributed by atoms with Gasteiger partial charge in [0.1, 0.15) is 11.4 Å². The van der Waals surface area contributed by atoms with Gasteiger partial charge in [-0.1, -0.05) is 36.7 Å². The molecule has 3 heterocycles. The first-order chi connectivity index (χ1) is 22.5. The Labute approximate surface area is 286 Å². The molecule has 1 saturated heterocycles. The Morgan fingerprint density at radius 3 is 2.70 bits per heavy atom. The lowest BCUT2D eigenvalue weighted by molar-refractivity contribution is -0.0985. The minimum atomic E-state index is -2.92. The van der Waals surface area contributed by atoms with Gasteiger partial charge in [-0.2, -0.15) is 0 Å². The number of ether oxygens (including phenoxy) is 2. The minimum Gasteiger partial charge on any atom is -0.490 e. The molecule has 9 heteroatoms. The summed E-state index contributed by atoms with van der Waals surface area (Å²) in [5.41, 5.74) is 3.42. The number of carbonyl (C=O) groups is 1. The van der Waals surface area contributed by atoms with Crippen molar-refractivity contribution in [3.63, 3.8) is 0 Å². The summed E-state index contributed by atoms with van der Waals surface area (Å²) in [5, 5.41) is 0.460. The minimum absolute atomic E-state index is 0.0561. The monoisotopic (exact) mass is 679 g/mol. The first-order valence-corrected chi connectivity index (χ1v) is 19.6. The molecule has 3 aliphatic heterocycles. The van der Waals surface area contributed by atoms with E-state index in [1.54, 1.807) is 6.07 Å². The van der Waals surface area contributed by atoms with E-state index >= 15 is 0 Å². The Morgan fingerprint density at radius 1 is 1.15 bits per heavy atom. The molecule has 1 saturated carbocycles. The second-order valence-electron chi connectivity index (χ2n) is 15.0. The number of aryl methyl sites for hydroxylation is 1. The molecule has 7 atom stereocenters. The van der Waals surface area contributed by atoms with E-state index in [0.29, 0.717) is 24.0 Å². The van der Waals surface area contributed by atoms with Crippen molar-refractivity contribution in [2.75, 3.05) is 51.3 Å². The predicted molar refractivity (Wildman–Crippen MR) is 192 cm³/mol. The summed E-state index contributed by atoms with van der Waals surface area (Å²) in [6.07, 6.45) is 11.9. The van der Waals surface area contributed by atoms with E-state index in [4.69, 9.17) is 21.1 Å². The quantitative estimate of drug-likeness (QED) is 0.305. The third-order valence-electron chi connectivity index (χ3n) is 12.2. The number of methoxy groups -OCH3 is 1. The van der Waals surface area contributed by atoms with Crippen molar-refractivity contribution in [3.8, 4) is 5.75 Å². The summed E-state index contributed by atoms with van der Waals surface area (Å²) in [6, 6.07) is 12.0. The number of allylic oxidation sites excluding steroid dienone is 1. The van der Waals surface area contributed by atoms with E-state index in [2.05, 4.69) is 51.6 Å². The van der Waals surface area contributed by atoms with Crippen molar-refractivity contribution in [2.24, 2.45) is 17.8 Å². The van der Waals surface area contributed by atoms with Crippen LogP contribution in [0.15, 0.2) is 48.6 Å². The highest BCUT2D eigenvalue weighted by atomic mass is 35.5. The highest BCUT2D eigenvalue weighted by Crippen LogP contribution is 2.49. The number of fused-ring (bicyclic) bond motifs is 4. The van der Waals surface area contributed by atoms with Crippen LogP contribution >= 0.6 is 11.6 Å². The van der Waals surface area contributed by atoms with Gasteiger partial charge in [0.05, 0.1) is 22.0 Å². The number of benzene rings is 2. The predicted octanol–water partition coefficient (Wildman–Crippen LogP) is 6.28. The van der Waals surface area contributed by atoms with Crippen LogP contribution < -0.4 is 14.4 Å². The number of likely N-dealkylation sites (tertiary alicyclic amines) is 1. The Bertz CT molecular complexity index is 1660. The molecule has 2 bridgehead atoms. The molecule has 0 aromatic heterocycles. The Morgan fingerprint density at radius 2 is 1.98 bits per heavy atom. The molecule has 2 aromatic rings. The fourth-order valence-corrected chi connectivity index (χ4v) is 10.5. The molecule has 2 fully saturated rings. The zero-order chi connectivity index (χ0) is 33.0. The molecule has 0 radical (unpaired) electrons. The van der Waals surface area contributed by atoms with Crippen LogP contribution in [0.25, 0.3) is 0 Å². The molecule has 1 unspecified atom stereocenters. The third-order valence-corrected chi connectivity index (χ3v) is 14.6. The summed E-state index contributed by atoms with van der Waals surface area (Å²) in [6.45, 7) is 9.32. The Kier molecular flexibility index (Phi) is 8.94. The average molecular weight is 680 g/mol. The number of nitrogens with one attached hydrogen (secondary N) is 1. The van der Waals surface area contributed by atoms with Crippen molar-refractivity contribution in [1.29, 1.82) is 0 Å². The van der Waals surface area contributed by atoms with E-state index in [0.717, 1.165) is 87.7 Å². The van der Waals surface area contributed by atoms with Crippen LogP contribution in [0.4, 0.5) is 5.69 Å². The number of nitrogens with zero attached hydrogens (tertiary/aromatic N) is 2. The molecule has 254 valence electrons. The topological polar surface area (TPSA) is 71.1 Å². The Balaban J connectivity index is 1.32. The van der Waals surface area contributed by atoms with E-state index in [9.17, 15) is 9.00 Å². The summed E-state index contributed by atoms with van der Waals surface area (Å²) in [4.78, 5) is 18.7. The second-order valence-corrected chi connectivity index (χ2v) is 17.8. The fraction of sp³-hybridized carbons (Fsp3) is 0.579. The van der Waals surface area contributed by atoms with Crippen LogP contribution in [0, 0.1) is 17.8 Å². The highest BCUT2D eigenvalue weighted by Gasteiger charge is 2.50. The number of halogens is 1. The first-order valence-electron chi connectivity index (χ1n) is 17.5. The van der Waals surface area contributed by atoms with Crippen LogP contribution in [0.2, 0.25) is 5.02 Å². The zero-order valence-electron chi connectivity index (χ0n) is 28.1. The van der Waals surface area contributed by atoms with Crippen molar-refractivity contribution in [2.45, 2.75) is 75.1 Å². The maximum Gasteiger partial charge on any atom is 0.262 e. The number of amides is 1. The summed E-state index contributed by atoms with van der Waals surface area (Å²) in [7, 11) is -1.04. The van der Waals surface area contributed by atoms with E-state index in [1.807, 2.05) is 32.2 Å². The van der Waals surface area contributed by atoms with Gasteiger partial charge in [0.2, 0.25) is 0 Å². The maximum atomic E-state index is 13.9. The third kappa shape index (κ3) is 6.13. The molecule has 1 amide bonds. The smallest absolute Gasteiger partial charge is 0.262 e. The molecular weight excluding hydrogens is 630 g/mol. The van der Waals surface area contributed by atoms with Gasteiger partial charge in [-0.25, -0.2) is 4.21 Å². The van der Waals surface area contributed by atoms with Gasteiger partial charge in [0, 0.05) is 48.0 Å². The molecule has 5 aliphatic rings. The summed E-state index contributed by atoms with van der Waals surface area (Å²) < 4.78 is 30.0. The van der Waals surface area contributed by atoms with E-state index in [-0.39, 0.29) is 22.5 Å². The molecular formula is C38H50ClN3O4S. The SMILES string of the molecule is C=S1(=O)NC(=O)c2ccc3c(c2)N(C[C@@H]2CC[C@H]2[C@](CN2CCC2)(OC)/C=C/C[C@H](C)[C@H]1C)C[C@@]1(CCCc2cc(Cl)ccc21)CO3. The van der Waals surface area contributed by atoms with Gasteiger partial charge >= 0.3 is 0 Å². The molecule has 1 spiro atoms. The molecule has 2 aromatic carbocycles. The Hall–Kier alpha value is -2.52. The molecule has 7 rings (SSSR count). The van der Waals surface area contributed by atoms with E-state index < -0.39 is 15.3 Å². The van der Waals surface area contributed by atoms with Gasteiger partial charge in [-0.05, 0) is 130 Å². The fourth-order valence-electron chi connectivity index (χ4n) is 8.79. The van der Waals surface area contributed by atoms with Gasteiger partial charge in [0.25, 0.3) is 5.91 Å². The zero-order valence-corrected chi connectivity index (χ0v) is 29.7. The molecule has 47 heavy (non-hydrogen) atoms. The largest absolute Gasteiger partial charge is 0.490 e. The molecule has 7 nitrogen and oxygen atoms in total. The lowest BCUT2D eigenvalue weighted by Crippen LogP contribution is -2.58. The van der Waals surface area contributed by atoms with Gasteiger partial charge in [-0.3, -0.25) is 9.52 Å². The number of anilines is 1. The lowest BCUT2D eigenvalue weighted by Gasteiger charge is -2.52. The van der Waals surface area contributed by atoms with Gasteiger partial charge in [0.15, 0.2) is 0 Å². The van der Waals surface area contributed by atoms with Crippen LogP contribution in [0.3, 0.4) is 0 Å². The molecule has 1 N–H and O–H groups in total. The number of hydrogen-bond donors (Lipinski definition) is 1. The average Bonchev–Trinajstić information content (AvgIpc) is 3.16. The second kappa shape index (κ2) is 12.7. The molecule has 2 aliphatic carbocycles. The van der Waals surface area contributed by atoms with Crippen molar-refractivity contribution in [3.05, 3.63) is 70.3 Å². The standard InChI is InChI=1S/C38H50ClN3O4S/c1-26-8-5-17-38(45-3,24-41-18-7-19-41)33-13-10-30(33)22-42-23-37(16-6-9-28-20-31(39)12-14-32(28)37)25-46-35-15-11-29(21-34(35)42)36(43)40-47(4,44)27(26)2/h5,11-12,14-15,17,20-21,26-27,30,33H,4,6-10,13,16,18-19,22-25H2,1-3H3,(H,40,43,44)/b17-5+/t26-,27+,30-,33+,37-,38-,47?/m0/s1. The van der Waals surface area contributed by atoms with Crippen molar-refractivity contribution < 1.29 is 18.5 Å². The number of hydrogen-bond acceptors (Lipinski definition) is 6. The first kappa shape index (κ1) is 33.0. The van der Waals surface area contributed by atoms with Crippen molar-refractivity contribution >= 4 is 38.8 Å². The van der Waals surface area contributed by atoms with Crippen LogP contribution in [0.5, 0.6) is 5.75 Å². The van der Waals surface area contributed by atoms with Gasteiger partial charge < -0.3 is 19.3 Å². The summed E-state index contributed by atoms with van der Waals surface area (Å²) >= 11 is 6.48.